The van der Waals surface area contributed by atoms with Crippen LogP contribution in [0.2, 0.25) is 5.02 Å². The highest BCUT2D eigenvalue weighted by molar-refractivity contribution is 7.99. The van der Waals surface area contributed by atoms with Crippen molar-refractivity contribution in [1.82, 2.24) is 24.9 Å². The van der Waals surface area contributed by atoms with Gasteiger partial charge >= 0.3 is 0 Å². The van der Waals surface area contributed by atoms with Gasteiger partial charge in [0.25, 0.3) is 0 Å². The van der Waals surface area contributed by atoms with Crippen LogP contribution in [0.1, 0.15) is 39.0 Å². The topological polar surface area (TPSA) is 144 Å². The molecule has 14 heteroatoms. The van der Waals surface area contributed by atoms with E-state index in [0.29, 0.717) is 41.4 Å². The van der Waals surface area contributed by atoms with Gasteiger partial charge < -0.3 is 26.0 Å². The first-order chi connectivity index (χ1) is 19.9. The van der Waals surface area contributed by atoms with Crippen LogP contribution in [0.15, 0.2) is 46.8 Å². The lowest BCUT2D eigenvalue weighted by atomic mass is 9.73. The number of hydrogen-bond donors (Lipinski definition) is 3. The molecular formula is C28H35Cl2N9O2S. The molecule has 1 saturated carbocycles. The Morgan fingerprint density at radius 3 is 2.67 bits per heavy atom. The number of rotatable bonds is 8. The normalized spacial score (nSPS) is 23.2. The third kappa shape index (κ3) is 6.57. The van der Waals surface area contributed by atoms with Crippen LogP contribution < -0.4 is 21.3 Å². The molecule has 4 N–H and O–H groups in total. The molecule has 3 atom stereocenters. The number of aromatic nitrogens is 5. The van der Waals surface area contributed by atoms with E-state index < -0.39 is 0 Å². The minimum Gasteiger partial charge on any atom is -0.376 e. The predicted octanol–water partition coefficient (Wildman–Crippen LogP) is 4.75. The molecule has 3 aromatic heterocycles. The van der Waals surface area contributed by atoms with Crippen molar-refractivity contribution < 1.29 is 9.53 Å². The minimum absolute atomic E-state index is 0. The summed E-state index contributed by atoms with van der Waals surface area (Å²) < 4.78 is 5.65. The number of hydrogen-bond acceptors (Lipinski definition) is 12. The quantitative estimate of drug-likeness (QED) is 0.315. The first kappa shape index (κ1) is 30.7. The molecule has 3 aromatic rings. The molecule has 0 unspecified atom stereocenters. The van der Waals surface area contributed by atoms with Crippen LogP contribution >= 0.6 is 35.8 Å². The van der Waals surface area contributed by atoms with Crippen molar-refractivity contribution in [3.8, 4) is 0 Å². The smallest absolute Gasteiger partial charge is 0.224 e. The van der Waals surface area contributed by atoms with E-state index >= 15 is 0 Å². The molecule has 0 radical (unpaired) electrons. The highest BCUT2D eigenvalue weighted by atomic mass is 35.5. The Bertz CT molecular complexity index is 1390. The molecule has 224 valence electrons. The minimum atomic E-state index is -0.0751. The lowest BCUT2D eigenvalue weighted by Crippen LogP contribution is -2.48. The Kier molecular flexibility index (Phi) is 9.68. The average molecular weight is 633 g/mol. The van der Waals surface area contributed by atoms with Gasteiger partial charge in [0.15, 0.2) is 5.82 Å². The fourth-order valence-electron chi connectivity index (χ4n) is 5.92. The lowest BCUT2D eigenvalue weighted by Gasteiger charge is -2.42. The molecule has 3 aliphatic rings. The van der Waals surface area contributed by atoms with Gasteiger partial charge in [-0.2, -0.15) is 4.98 Å². The van der Waals surface area contributed by atoms with Crippen molar-refractivity contribution in [3.05, 3.63) is 41.9 Å². The zero-order valence-electron chi connectivity index (χ0n) is 23.3. The Morgan fingerprint density at radius 1 is 1.17 bits per heavy atom. The van der Waals surface area contributed by atoms with Gasteiger partial charge in [-0.3, -0.25) is 4.79 Å². The van der Waals surface area contributed by atoms with Gasteiger partial charge in [-0.15, -0.1) is 12.4 Å². The summed E-state index contributed by atoms with van der Waals surface area (Å²) in [5.74, 6) is 2.66. The van der Waals surface area contributed by atoms with Crippen molar-refractivity contribution in [2.75, 3.05) is 41.8 Å². The number of nitrogens with two attached hydrogens (primary N) is 1. The van der Waals surface area contributed by atoms with Crippen molar-refractivity contribution >= 4 is 65.0 Å². The van der Waals surface area contributed by atoms with Crippen LogP contribution in [0.5, 0.6) is 0 Å². The first-order valence-corrected chi connectivity index (χ1v) is 15.2. The molecule has 2 saturated heterocycles. The van der Waals surface area contributed by atoms with Crippen molar-refractivity contribution in [2.24, 2.45) is 17.1 Å². The zero-order chi connectivity index (χ0) is 28.4. The molecule has 0 aromatic carbocycles. The number of halogens is 2. The van der Waals surface area contributed by atoms with Crippen LogP contribution in [0.25, 0.3) is 0 Å². The second kappa shape index (κ2) is 13.3. The third-order valence-corrected chi connectivity index (χ3v) is 9.93. The standard InChI is InChI=1S/C28H34ClN9O2S.ClH/c1-17-19(39)13-28(25(17)30)6-10-38(11-7-28)22-15-34-23(16-33-22)41-20-4-8-31-26(24(20)29)36-21-5-9-32-27(37-21)35-14-18-3-2-12-40-18;/h4-5,8-9,15-18,25H,2-3,6-7,10-14,30H2,1H3,(H2,31,32,35,36,37);1H/t17-,18-,25+;/m1./s1. The number of Topliss-reactive ketones (excluding diaryl/α,β-unsaturated/α-hetero) is 1. The average Bonchev–Trinajstić information content (AvgIpc) is 3.58. The van der Waals surface area contributed by atoms with E-state index in [1.165, 1.54) is 11.8 Å². The SMILES string of the molecule is C[C@@H]1C(=O)CC2(CCN(c3cnc(Sc4ccnc(Nc5ccnc(NC[C@H]6CCCO6)n5)c4Cl)cn3)CC2)[C@H]1N.Cl. The van der Waals surface area contributed by atoms with E-state index in [0.717, 1.165) is 61.1 Å². The molecule has 0 bridgehead atoms. The van der Waals surface area contributed by atoms with Crippen LogP contribution in [0.3, 0.4) is 0 Å². The lowest BCUT2D eigenvalue weighted by molar-refractivity contribution is -0.120. The number of nitrogens with one attached hydrogen (secondary N) is 2. The maximum atomic E-state index is 12.3. The van der Waals surface area contributed by atoms with E-state index in [1.807, 2.05) is 13.0 Å². The molecule has 3 fully saturated rings. The molecule has 0 amide bonds. The highest BCUT2D eigenvalue weighted by Crippen LogP contribution is 2.46. The maximum absolute atomic E-state index is 12.3. The van der Waals surface area contributed by atoms with E-state index in [1.54, 1.807) is 30.9 Å². The van der Waals surface area contributed by atoms with E-state index in [4.69, 9.17) is 22.1 Å². The summed E-state index contributed by atoms with van der Waals surface area (Å²) in [6.07, 6.45) is 11.6. The summed E-state index contributed by atoms with van der Waals surface area (Å²) >= 11 is 8.15. The third-order valence-electron chi connectivity index (χ3n) is 8.46. The van der Waals surface area contributed by atoms with Gasteiger partial charge in [0.1, 0.15) is 22.4 Å². The van der Waals surface area contributed by atoms with Crippen molar-refractivity contribution in [1.29, 1.82) is 0 Å². The molecule has 11 nitrogen and oxygen atoms in total. The Morgan fingerprint density at radius 2 is 1.98 bits per heavy atom. The number of ether oxygens (including phenoxy) is 1. The Hall–Kier alpha value is -2.77. The Balaban J connectivity index is 0.00000353. The number of anilines is 4. The highest BCUT2D eigenvalue weighted by Gasteiger charge is 2.50. The monoisotopic (exact) mass is 631 g/mol. The fraction of sp³-hybridized carbons (Fsp3) is 0.500. The largest absolute Gasteiger partial charge is 0.376 e. The second-order valence-corrected chi connectivity index (χ2v) is 12.4. The number of piperidine rings is 1. The van der Waals surface area contributed by atoms with E-state index in [2.05, 4.69) is 40.5 Å². The maximum Gasteiger partial charge on any atom is 0.224 e. The van der Waals surface area contributed by atoms with Crippen LogP contribution in [0.4, 0.5) is 23.4 Å². The summed E-state index contributed by atoms with van der Waals surface area (Å²) in [6.45, 7) is 5.06. The summed E-state index contributed by atoms with van der Waals surface area (Å²) in [7, 11) is 0. The molecule has 42 heavy (non-hydrogen) atoms. The van der Waals surface area contributed by atoms with Crippen molar-refractivity contribution in [2.45, 2.75) is 61.1 Å². The molecule has 2 aliphatic heterocycles. The summed E-state index contributed by atoms with van der Waals surface area (Å²) in [5.41, 5.74) is 6.38. The van der Waals surface area contributed by atoms with Gasteiger partial charge in [-0.05, 0) is 43.2 Å². The van der Waals surface area contributed by atoms with Gasteiger partial charge in [0.05, 0.1) is 23.5 Å². The first-order valence-electron chi connectivity index (χ1n) is 14.0. The van der Waals surface area contributed by atoms with Gasteiger partial charge in [-0.25, -0.2) is 19.9 Å². The molecule has 6 rings (SSSR count). The molecular weight excluding hydrogens is 597 g/mol. The number of carbonyl (C=O) groups excluding carboxylic acids is 1. The molecule has 5 heterocycles. The van der Waals surface area contributed by atoms with E-state index in [9.17, 15) is 4.79 Å². The number of carbonyl (C=O) groups is 1. The summed E-state index contributed by atoms with van der Waals surface area (Å²) in [4.78, 5) is 37.8. The van der Waals surface area contributed by atoms with Crippen LogP contribution in [-0.4, -0.2) is 69.1 Å². The Labute approximate surface area is 260 Å². The number of ketones is 1. The van der Waals surface area contributed by atoms with Gasteiger partial charge in [-0.1, -0.05) is 30.3 Å². The fourth-order valence-corrected chi connectivity index (χ4v) is 6.95. The number of nitrogens with zero attached hydrogens (tertiary/aromatic N) is 6. The van der Waals surface area contributed by atoms with Crippen molar-refractivity contribution in [3.63, 3.8) is 0 Å². The van der Waals surface area contributed by atoms with Crippen LogP contribution in [0, 0.1) is 11.3 Å². The molecule has 1 spiro atoms. The number of pyridine rings is 1. The molecule has 1 aliphatic carbocycles. The van der Waals surface area contributed by atoms with E-state index in [-0.39, 0.29) is 35.9 Å². The summed E-state index contributed by atoms with van der Waals surface area (Å²) in [5, 5.41) is 7.62. The summed E-state index contributed by atoms with van der Waals surface area (Å²) in [6, 6.07) is 3.55. The van der Waals surface area contributed by atoms with Gasteiger partial charge in [0, 0.05) is 61.9 Å². The van der Waals surface area contributed by atoms with Crippen LogP contribution in [-0.2, 0) is 9.53 Å². The zero-order valence-corrected chi connectivity index (χ0v) is 25.7. The van der Waals surface area contributed by atoms with Gasteiger partial charge in [0.2, 0.25) is 5.95 Å². The second-order valence-electron chi connectivity index (χ2n) is 11.0. The predicted molar refractivity (Wildman–Crippen MR) is 166 cm³/mol.